The normalized spacial score (nSPS) is 15.1. The van der Waals surface area contributed by atoms with E-state index in [1.807, 2.05) is 0 Å². The van der Waals surface area contributed by atoms with Crippen LogP contribution in [0.1, 0.15) is 54.1 Å². The van der Waals surface area contributed by atoms with Crippen LogP contribution in [0, 0.1) is 0 Å². The number of nitrogens with one attached hydrogen (secondary N) is 1. The Labute approximate surface area is 167 Å². The molecule has 0 atom stereocenters. The molecule has 0 aliphatic carbocycles. The van der Waals surface area contributed by atoms with Crippen LogP contribution >= 0.6 is 0 Å². The lowest BCUT2D eigenvalue weighted by Gasteiger charge is -2.16. The molecular weight excluding hydrogens is 372 g/mol. The molecule has 1 aliphatic rings. The van der Waals surface area contributed by atoms with Gasteiger partial charge in [0.2, 0.25) is 10.0 Å². The van der Waals surface area contributed by atoms with Crippen LogP contribution in [-0.2, 0) is 16.4 Å². The van der Waals surface area contributed by atoms with E-state index >= 15 is 0 Å². The van der Waals surface area contributed by atoms with Gasteiger partial charge in [-0.05, 0) is 54.5 Å². The Balaban J connectivity index is 1.60. The molecule has 1 aliphatic heterocycles. The third kappa shape index (κ3) is 4.80. The zero-order valence-electron chi connectivity index (χ0n) is 16.5. The van der Waals surface area contributed by atoms with Gasteiger partial charge in [0.15, 0.2) is 0 Å². The lowest BCUT2D eigenvalue weighted by atomic mass is 10.0. The second-order valence-electron chi connectivity index (χ2n) is 7.54. The first-order valence-corrected chi connectivity index (χ1v) is 11.3. The fourth-order valence-corrected chi connectivity index (χ4v) is 4.93. The maximum atomic E-state index is 12.7. The molecule has 6 heteroatoms. The highest BCUT2D eigenvalue weighted by Gasteiger charge is 2.27. The molecule has 2 aromatic rings. The van der Waals surface area contributed by atoms with E-state index in [4.69, 9.17) is 0 Å². The van der Waals surface area contributed by atoms with Crippen molar-refractivity contribution >= 4 is 15.9 Å². The van der Waals surface area contributed by atoms with Crippen molar-refractivity contribution < 1.29 is 13.2 Å². The van der Waals surface area contributed by atoms with Crippen molar-refractivity contribution in [3.8, 4) is 0 Å². The topological polar surface area (TPSA) is 66.5 Å². The van der Waals surface area contributed by atoms with Gasteiger partial charge >= 0.3 is 0 Å². The maximum absolute atomic E-state index is 12.7. The summed E-state index contributed by atoms with van der Waals surface area (Å²) < 4.78 is 26.8. The summed E-state index contributed by atoms with van der Waals surface area (Å²) in [6.45, 7) is 5.92. The number of hydrogen-bond donors (Lipinski definition) is 1. The predicted molar refractivity (Wildman–Crippen MR) is 111 cm³/mol. The highest BCUT2D eigenvalue weighted by Crippen LogP contribution is 2.21. The molecule has 2 aromatic carbocycles. The van der Waals surface area contributed by atoms with E-state index < -0.39 is 10.0 Å². The van der Waals surface area contributed by atoms with Crippen molar-refractivity contribution in [1.82, 2.24) is 9.62 Å². The number of amides is 1. The number of rotatable bonds is 7. The highest BCUT2D eigenvalue weighted by atomic mass is 32.2. The Morgan fingerprint density at radius 3 is 2.39 bits per heavy atom. The van der Waals surface area contributed by atoms with Crippen molar-refractivity contribution in [3.05, 3.63) is 65.2 Å². The van der Waals surface area contributed by atoms with Gasteiger partial charge in [-0.3, -0.25) is 4.79 Å². The van der Waals surface area contributed by atoms with Crippen LogP contribution in [0.2, 0.25) is 0 Å². The summed E-state index contributed by atoms with van der Waals surface area (Å²) >= 11 is 0. The van der Waals surface area contributed by atoms with Crippen LogP contribution in [-0.4, -0.2) is 38.3 Å². The van der Waals surface area contributed by atoms with E-state index in [2.05, 4.69) is 43.4 Å². The Bertz CT molecular complexity index is 915. The number of sulfonamides is 1. The van der Waals surface area contributed by atoms with E-state index in [0.717, 1.165) is 24.8 Å². The molecule has 0 unspecified atom stereocenters. The molecule has 0 saturated carbocycles. The third-order valence-corrected chi connectivity index (χ3v) is 7.04. The molecule has 0 bridgehead atoms. The first-order chi connectivity index (χ1) is 13.4. The summed E-state index contributed by atoms with van der Waals surface area (Å²) in [7, 11) is -3.52. The van der Waals surface area contributed by atoms with E-state index in [9.17, 15) is 13.2 Å². The molecule has 0 spiro atoms. The quantitative estimate of drug-likeness (QED) is 0.773. The molecule has 1 saturated heterocycles. The predicted octanol–water partition coefficient (Wildman–Crippen LogP) is 3.57. The first-order valence-electron chi connectivity index (χ1n) is 9.85. The lowest BCUT2D eigenvalue weighted by molar-refractivity contribution is 0.0954. The first kappa shape index (κ1) is 20.6. The molecule has 1 amide bonds. The standard InChI is InChI=1S/C22H28N2O3S/c1-17(2)19-10-8-18(9-11-19)12-13-23-22(25)20-6-5-7-21(16-20)28(26,27)24-14-3-4-15-24/h5-11,16-17H,3-4,12-15H2,1-2H3,(H,23,25). The molecule has 5 nitrogen and oxygen atoms in total. The summed E-state index contributed by atoms with van der Waals surface area (Å²) in [5.74, 6) is 0.245. The Hall–Kier alpha value is -2.18. The average Bonchev–Trinajstić information content (AvgIpc) is 3.24. The van der Waals surface area contributed by atoms with Crippen LogP contribution in [0.15, 0.2) is 53.4 Å². The van der Waals surface area contributed by atoms with Crippen molar-refractivity contribution in [2.45, 2.75) is 43.9 Å². The van der Waals surface area contributed by atoms with Crippen LogP contribution < -0.4 is 5.32 Å². The van der Waals surface area contributed by atoms with Gasteiger partial charge in [0.1, 0.15) is 0 Å². The summed E-state index contributed by atoms with van der Waals surface area (Å²) in [5.41, 5.74) is 2.83. The smallest absolute Gasteiger partial charge is 0.251 e. The maximum Gasteiger partial charge on any atom is 0.251 e. The lowest BCUT2D eigenvalue weighted by Crippen LogP contribution is -2.29. The fraction of sp³-hybridized carbons (Fsp3) is 0.409. The minimum Gasteiger partial charge on any atom is -0.352 e. The second-order valence-corrected chi connectivity index (χ2v) is 9.48. The van der Waals surface area contributed by atoms with Gasteiger partial charge in [0.25, 0.3) is 5.91 Å². The third-order valence-electron chi connectivity index (χ3n) is 5.14. The van der Waals surface area contributed by atoms with E-state index in [1.54, 1.807) is 18.2 Å². The number of hydrogen-bond acceptors (Lipinski definition) is 3. The van der Waals surface area contributed by atoms with E-state index in [-0.39, 0.29) is 10.8 Å². The van der Waals surface area contributed by atoms with Gasteiger partial charge in [0, 0.05) is 25.2 Å². The van der Waals surface area contributed by atoms with Gasteiger partial charge in [-0.1, -0.05) is 44.2 Å². The summed E-state index contributed by atoms with van der Waals surface area (Å²) in [4.78, 5) is 12.6. The summed E-state index contributed by atoms with van der Waals surface area (Å²) in [6.07, 6.45) is 2.50. The largest absolute Gasteiger partial charge is 0.352 e. The van der Waals surface area contributed by atoms with Crippen molar-refractivity contribution in [2.24, 2.45) is 0 Å². The zero-order valence-corrected chi connectivity index (χ0v) is 17.3. The Morgan fingerprint density at radius 1 is 1.07 bits per heavy atom. The van der Waals surface area contributed by atoms with Crippen LogP contribution in [0.5, 0.6) is 0 Å². The van der Waals surface area contributed by atoms with Gasteiger partial charge in [-0.15, -0.1) is 0 Å². The second kappa shape index (κ2) is 8.88. The summed E-state index contributed by atoms with van der Waals surface area (Å²) in [6, 6.07) is 14.7. The van der Waals surface area contributed by atoms with Crippen LogP contribution in [0.4, 0.5) is 0 Å². The number of benzene rings is 2. The molecule has 1 fully saturated rings. The van der Waals surface area contributed by atoms with Gasteiger partial charge < -0.3 is 5.32 Å². The van der Waals surface area contributed by atoms with E-state index in [0.29, 0.717) is 31.1 Å². The number of nitrogens with zero attached hydrogens (tertiary/aromatic N) is 1. The monoisotopic (exact) mass is 400 g/mol. The number of carbonyl (C=O) groups is 1. The SMILES string of the molecule is CC(C)c1ccc(CCNC(=O)c2cccc(S(=O)(=O)N3CCCC3)c2)cc1. The zero-order chi connectivity index (χ0) is 20.1. The molecule has 1 N–H and O–H groups in total. The average molecular weight is 401 g/mol. The van der Waals surface area contributed by atoms with Gasteiger partial charge in [0.05, 0.1) is 4.90 Å². The Morgan fingerprint density at radius 2 is 1.75 bits per heavy atom. The van der Waals surface area contributed by atoms with Gasteiger partial charge in [-0.2, -0.15) is 4.31 Å². The molecular formula is C22H28N2O3S. The highest BCUT2D eigenvalue weighted by molar-refractivity contribution is 7.89. The van der Waals surface area contributed by atoms with Crippen LogP contribution in [0.25, 0.3) is 0 Å². The molecule has 28 heavy (non-hydrogen) atoms. The number of carbonyl (C=O) groups excluding carboxylic acids is 1. The fourth-order valence-electron chi connectivity index (χ4n) is 3.37. The van der Waals surface area contributed by atoms with Crippen molar-refractivity contribution in [3.63, 3.8) is 0 Å². The van der Waals surface area contributed by atoms with Crippen LogP contribution in [0.3, 0.4) is 0 Å². The molecule has 0 radical (unpaired) electrons. The Kier molecular flexibility index (Phi) is 6.52. The minimum absolute atomic E-state index is 0.186. The van der Waals surface area contributed by atoms with Gasteiger partial charge in [-0.25, -0.2) is 8.42 Å². The molecule has 0 aromatic heterocycles. The molecule has 150 valence electrons. The molecule has 3 rings (SSSR count). The molecule has 1 heterocycles. The summed E-state index contributed by atoms with van der Waals surface area (Å²) in [5, 5.41) is 2.89. The van der Waals surface area contributed by atoms with E-state index in [1.165, 1.54) is 15.9 Å². The van der Waals surface area contributed by atoms with Crippen molar-refractivity contribution in [1.29, 1.82) is 0 Å². The minimum atomic E-state index is -3.52. The van der Waals surface area contributed by atoms with Crippen molar-refractivity contribution in [2.75, 3.05) is 19.6 Å².